The maximum Gasteiger partial charge on any atom is 0.357 e. The van der Waals surface area contributed by atoms with Gasteiger partial charge in [-0.1, -0.05) is 30.7 Å². The van der Waals surface area contributed by atoms with Crippen molar-refractivity contribution in [3.63, 3.8) is 0 Å². The first kappa shape index (κ1) is 25.1. The lowest BCUT2D eigenvalue weighted by Crippen LogP contribution is -2.35. The Kier molecular flexibility index (Phi) is 7.31. The van der Waals surface area contributed by atoms with Crippen LogP contribution in [0.3, 0.4) is 0 Å². The molecule has 1 fully saturated rings. The largest absolute Gasteiger partial charge is 0.453 e. The summed E-state index contributed by atoms with van der Waals surface area (Å²) < 4.78 is 34.0. The van der Waals surface area contributed by atoms with Crippen LogP contribution >= 0.6 is 11.3 Å². The quantitative estimate of drug-likeness (QED) is 0.237. The number of Topliss-reactive ketones (excluding diaryl/α,β-unsaturated/α-hetero) is 1. The van der Waals surface area contributed by atoms with Crippen molar-refractivity contribution in [3.05, 3.63) is 89.4 Å². The summed E-state index contributed by atoms with van der Waals surface area (Å²) in [5.41, 5.74) is 1.78. The maximum absolute atomic E-state index is 13.0. The number of benzene rings is 2. The first-order chi connectivity index (χ1) is 17.9. The van der Waals surface area contributed by atoms with E-state index in [9.17, 15) is 18.0 Å². The summed E-state index contributed by atoms with van der Waals surface area (Å²) in [5.74, 6) is -1.11. The van der Waals surface area contributed by atoms with Gasteiger partial charge in [-0.2, -0.15) is 9.40 Å². The number of ether oxygens (including phenoxy) is 1. The lowest BCUT2D eigenvalue weighted by atomic mass is 10.1. The Labute approximate surface area is 219 Å². The number of sulfonamides is 1. The Balaban J connectivity index is 1.30. The Hall–Kier alpha value is -3.60. The maximum atomic E-state index is 13.0. The van der Waals surface area contributed by atoms with Crippen LogP contribution in [0.5, 0.6) is 0 Å². The molecule has 0 radical (unpaired) electrons. The molecule has 3 heterocycles. The van der Waals surface area contributed by atoms with E-state index >= 15 is 0 Å². The summed E-state index contributed by atoms with van der Waals surface area (Å²) in [6.07, 6.45) is 2.72. The third kappa shape index (κ3) is 5.41. The number of ketones is 1. The molecule has 8 nitrogen and oxygen atoms in total. The minimum atomic E-state index is -3.59. The molecule has 190 valence electrons. The summed E-state index contributed by atoms with van der Waals surface area (Å²) >= 11 is 1.50. The Morgan fingerprint density at radius 1 is 0.919 bits per heavy atom. The number of hydrogen-bond acceptors (Lipinski definition) is 7. The fourth-order valence-corrected chi connectivity index (χ4v) is 6.39. The Bertz CT molecular complexity index is 1490. The first-order valence-electron chi connectivity index (χ1n) is 11.9. The van der Waals surface area contributed by atoms with Crippen molar-refractivity contribution in [2.75, 3.05) is 19.7 Å². The van der Waals surface area contributed by atoms with Crippen LogP contribution in [0.25, 0.3) is 16.3 Å². The molecule has 2 aromatic heterocycles. The van der Waals surface area contributed by atoms with Gasteiger partial charge in [0.1, 0.15) is 5.69 Å². The Morgan fingerprint density at radius 3 is 2.32 bits per heavy atom. The van der Waals surface area contributed by atoms with Crippen molar-refractivity contribution in [1.29, 1.82) is 0 Å². The highest BCUT2D eigenvalue weighted by Crippen LogP contribution is 2.26. The number of carbonyl (C=O) groups is 2. The molecule has 0 atom stereocenters. The number of esters is 1. The molecule has 10 heteroatoms. The lowest BCUT2D eigenvalue weighted by molar-refractivity contribution is 0.0465. The average Bonchev–Trinajstić information content (AvgIpc) is 3.63. The molecule has 5 rings (SSSR count). The van der Waals surface area contributed by atoms with Crippen molar-refractivity contribution in [2.24, 2.45) is 0 Å². The minimum Gasteiger partial charge on any atom is -0.453 e. The summed E-state index contributed by atoms with van der Waals surface area (Å²) in [5, 5.41) is 6.51. The zero-order valence-electron chi connectivity index (χ0n) is 19.9. The number of hydrogen-bond donors (Lipinski definition) is 0. The van der Waals surface area contributed by atoms with Gasteiger partial charge in [0.25, 0.3) is 0 Å². The smallest absolute Gasteiger partial charge is 0.357 e. The molecule has 0 unspecified atom stereocenters. The van der Waals surface area contributed by atoms with Crippen LogP contribution in [-0.2, 0) is 14.8 Å². The number of carbonyl (C=O) groups excluding carboxylic acids is 2. The number of piperidine rings is 1. The SMILES string of the molecule is O=C(COC(=O)c1cc(-c2cccs2)nn1-c1ccccc1)c1ccc(S(=O)(=O)N2CCCCC2)cc1. The van der Waals surface area contributed by atoms with Gasteiger partial charge in [0, 0.05) is 24.7 Å². The van der Waals surface area contributed by atoms with E-state index in [4.69, 9.17) is 4.74 Å². The fraction of sp³-hybridized carbons (Fsp3) is 0.222. The van der Waals surface area contributed by atoms with Gasteiger partial charge >= 0.3 is 5.97 Å². The Morgan fingerprint density at radius 2 is 1.65 bits per heavy atom. The highest BCUT2D eigenvalue weighted by molar-refractivity contribution is 7.89. The molecule has 0 N–H and O–H groups in total. The van der Waals surface area contributed by atoms with E-state index in [-0.39, 0.29) is 16.2 Å². The van der Waals surface area contributed by atoms with Gasteiger partial charge in [-0.25, -0.2) is 17.9 Å². The second-order valence-electron chi connectivity index (χ2n) is 8.63. The molecular weight excluding hydrogens is 510 g/mol. The van der Waals surface area contributed by atoms with Crippen LogP contribution < -0.4 is 0 Å². The third-order valence-corrected chi connectivity index (χ3v) is 8.96. The minimum absolute atomic E-state index is 0.149. The molecule has 1 aliphatic heterocycles. The molecule has 0 amide bonds. The van der Waals surface area contributed by atoms with Gasteiger partial charge in [-0.15, -0.1) is 11.3 Å². The molecule has 0 spiro atoms. The van der Waals surface area contributed by atoms with Crippen molar-refractivity contribution in [1.82, 2.24) is 14.1 Å². The van der Waals surface area contributed by atoms with E-state index in [1.54, 1.807) is 6.07 Å². The van der Waals surface area contributed by atoms with Crippen LogP contribution in [0.4, 0.5) is 0 Å². The normalized spacial score (nSPS) is 14.4. The van der Waals surface area contributed by atoms with E-state index in [1.165, 1.54) is 44.6 Å². The van der Waals surface area contributed by atoms with Crippen LogP contribution in [0.2, 0.25) is 0 Å². The van der Waals surface area contributed by atoms with Crippen LogP contribution in [0.15, 0.2) is 83.1 Å². The van der Waals surface area contributed by atoms with Crippen molar-refractivity contribution < 1.29 is 22.7 Å². The second-order valence-corrected chi connectivity index (χ2v) is 11.5. The van der Waals surface area contributed by atoms with Crippen LogP contribution in [0, 0.1) is 0 Å². The molecule has 4 aromatic rings. The lowest BCUT2D eigenvalue weighted by Gasteiger charge is -2.25. The number of aromatic nitrogens is 2. The van der Waals surface area contributed by atoms with Gasteiger partial charge < -0.3 is 4.74 Å². The van der Waals surface area contributed by atoms with Gasteiger partial charge in [0.05, 0.1) is 15.5 Å². The van der Waals surface area contributed by atoms with E-state index in [1.807, 2.05) is 47.8 Å². The molecule has 0 saturated carbocycles. The van der Waals surface area contributed by atoms with Gasteiger partial charge in [0.15, 0.2) is 18.1 Å². The number of para-hydroxylation sites is 1. The molecule has 0 aliphatic carbocycles. The second kappa shape index (κ2) is 10.8. The van der Waals surface area contributed by atoms with Crippen molar-refractivity contribution in [2.45, 2.75) is 24.2 Å². The number of nitrogens with zero attached hydrogens (tertiary/aromatic N) is 3. The van der Waals surface area contributed by atoms with E-state index in [0.29, 0.717) is 24.5 Å². The van der Waals surface area contributed by atoms with Crippen LogP contribution in [0.1, 0.15) is 40.1 Å². The monoisotopic (exact) mass is 535 g/mol. The van der Waals surface area contributed by atoms with E-state index in [2.05, 4.69) is 5.10 Å². The van der Waals surface area contributed by atoms with Crippen molar-refractivity contribution in [3.8, 4) is 16.3 Å². The summed E-state index contributed by atoms with van der Waals surface area (Å²) in [6.45, 7) is 0.533. The third-order valence-electron chi connectivity index (χ3n) is 6.16. The van der Waals surface area contributed by atoms with E-state index in [0.717, 1.165) is 24.1 Å². The highest BCUT2D eigenvalue weighted by atomic mass is 32.2. The fourth-order valence-electron chi connectivity index (χ4n) is 4.19. The number of thiophene rings is 1. The predicted molar refractivity (Wildman–Crippen MR) is 141 cm³/mol. The van der Waals surface area contributed by atoms with Gasteiger partial charge in [-0.3, -0.25) is 4.79 Å². The topological polar surface area (TPSA) is 98.6 Å². The molecule has 37 heavy (non-hydrogen) atoms. The summed E-state index contributed by atoms with van der Waals surface area (Å²) in [4.78, 5) is 26.8. The van der Waals surface area contributed by atoms with Gasteiger partial charge in [-0.05, 0) is 60.7 Å². The number of rotatable bonds is 8. The molecule has 2 aromatic carbocycles. The molecule has 1 aliphatic rings. The molecular formula is C27H25N3O5S2. The zero-order chi connectivity index (χ0) is 25.8. The van der Waals surface area contributed by atoms with Crippen molar-refractivity contribution >= 4 is 33.1 Å². The summed E-state index contributed by atoms with van der Waals surface area (Å²) in [7, 11) is -3.59. The van der Waals surface area contributed by atoms with Gasteiger partial charge in [0.2, 0.25) is 10.0 Å². The highest BCUT2D eigenvalue weighted by Gasteiger charge is 2.26. The first-order valence-corrected chi connectivity index (χ1v) is 14.3. The zero-order valence-corrected chi connectivity index (χ0v) is 21.6. The summed E-state index contributed by atoms with van der Waals surface area (Å²) in [6, 6.07) is 20.4. The molecule has 0 bridgehead atoms. The average molecular weight is 536 g/mol. The van der Waals surface area contributed by atoms with Crippen LogP contribution in [-0.4, -0.2) is 54.0 Å². The molecule has 1 saturated heterocycles. The van der Waals surface area contributed by atoms with E-state index < -0.39 is 28.4 Å². The predicted octanol–water partition coefficient (Wildman–Crippen LogP) is 4.82. The standard InChI is InChI=1S/C27H25N3O5S2/c31-25(20-11-13-22(14-12-20)37(33,34)29-15-5-2-6-16-29)19-35-27(32)24-18-23(26-10-7-17-36-26)28-30(24)21-8-3-1-4-9-21/h1,3-4,7-14,17-18H,2,5-6,15-16,19H2.